The van der Waals surface area contributed by atoms with E-state index in [1.807, 2.05) is 20.8 Å². The van der Waals surface area contributed by atoms with Gasteiger partial charge in [0.25, 0.3) is 5.91 Å². The Hall–Kier alpha value is -4.33. The summed E-state index contributed by atoms with van der Waals surface area (Å²) in [6.45, 7) is 13.4. The fourth-order valence-electron chi connectivity index (χ4n) is 5.89. The Morgan fingerprint density at radius 1 is 0.689 bits per heavy atom. The zero-order valence-electron chi connectivity index (χ0n) is 37.0. The first-order chi connectivity index (χ1) is 29.0. The van der Waals surface area contributed by atoms with Gasteiger partial charge >= 0.3 is 5.97 Å². The number of benzene rings is 1. The van der Waals surface area contributed by atoms with E-state index in [0.717, 1.165) is 0 Å². The minimum atomic E-state index is -1.17. The highest BCUT2D eigenvalue weighted by atomic mass is 32.1. The monoisotopic (exact) mass is 883 g/mol. The number of carboxylic acid groups (broad SMARTS) is 1. The smallest absolute Gasteiger partial charge is 0.326 e. The fourth-order valence-corrected chi connectivity index (χ4v) is 6.15. The van der Waals surface area contributed by atoms with Crippen LogP contribution in [0.25, 0.3) is 0 Å². The van der Waals surface area contributed by atoms with Gasteiger partial charge in [-0.2, -0.15) is 12.6 Å². The molecule has 19 heteroatoms. The number of thiol groups is 1. The van der Waals surface area contributed by atoms with Crippen molar-refractivity contribution in [3.8, 4) is 17.2 Å². The SMILES string of the molecule is CC[C@H](C)[C@H](NC(=O)[C@@H](NC(=O)[C@H](CS)NC(=O)CCCCCNC(=O)c1cc(OCCCN)c(OCCCN)c(OCCCN)c1)C(C)C)C(=O)N[C@@H](CC(C)C)C(=O)O. The van der Waals surface area contributed by atoms with Crippen LogP contribution in [-0.4, -0.2) is 117 Å². The van der Waals surface area contributed by atoms with Crippen molar-refractivity contribution in [2.45, 2.75) is 123 Å². The van der Waals surface area contributed by atoms with Crippen LogP contribution in [0.5, 0.6) is 17.2 Å². The molecule has 1 aromatic carbocycles. The molecular weight excluding hydrogens is 809 g/mol. The van der Waals surface area contributed by atoms with E-state index in [0.29, 0.717) is 114 Å². The molecule has 0 heterocycles. The molecule has 0 saturated carbocycles. The van der Waals surface area contributed by atoms with Gasteiger partial charge < -0.3 is 63.1 Å². The van der Waals surface area contributed by atoms with Crippen LogP contribution in [0.1, 0.15) is 110 Å². The number of hydrogen-bond acceptors (Lipinski definition) is 13. The molecule has 0 bridgehead atoms. The van der Waals surface area contributed by atoms with Crippen LogP contribution in [0, 0.1) is 17.8 Å². The van der Waals surface area contributed by atoms with Crippen LogP contribution in [0.15, 0.2) is 12.1 Å². The molecule has 1 aromatic rings. The Morgan fingerprint density at radius 2 is 1.23 bits per heavy atom. The number of nitrogens with two attached hydrogens (primary N) is 3. The summed E-state index contributed by atoms with van der Waals surface area (Å²) in [6.07, 6.45) is 4.30. The third-order valence-corrected chi connectivity index (χ3v) is 10.0. The number of carbonyl (C=O) groups is 6. The summed E-state index contributed by atoms with van der Waals surface area (Å²) in [5.74, 6) is -3.46. The molecule has 0 radical (unpaired) electrons. The van der Waals surface area contributed by atoms with Gasteiger partial charge in [-0.05, 0) is 88.0 Å². The highest BCUT2D eigenvalue weighted by Gasteiger charge is 2.34. The lowest BCUT2D eigenvalue weighted by Gasteiger charge is -2.30. The lowest BCUT2D eigenvalue weighted by atomic mass is 9.95. The molecular formula is C42H74N8O10S. The van der Waals surface area contributed by atoms with E-state index in [-0.39, 0.29) is 42.2 Å². The quantitative estimate of drug-likeness (QED) is 0.0357. The molecule has 0 saturated heterocycles. The molecule has 0 spiro atoms. The maximum atomic E-state index is 13.5. The standard InChI is InChI=1S/C42H74N8O10S/c1-7-28(6)36(41(55)48-30(42(56)57)22-26(2)3)50-40(54)35(27(4)5)49-39(53)31(25-61)47-34(51)14-9-8-10-18-46-38(52)29-23-32(58-19-11-15-43)37(60-21-13-17-45)33(24-29)59-20-12-16-44/h23-24,26-28,30-31,35-36,61H,7-22,25,43-45H2,1-6H3,(H,46,52)(H,47,51)(H,48,55)(H,49,53)(H,50,54)(H,56,57)/t28-,30-,31-,35-,36-/m0/s1. The van der Waals surface area contributed by atoms with Gasteiger partial charge in [-0.1, -0.05) is 54.4 Å². The number of nitrogens with one attached hydrogen (secondary N) is 5. The second kappa shape index (κ2) is 30.7. The van der Waals surface area contributed by atoms with Gasteiger partial charge in [-0.3, -0.25) is 24.0 Å². The van der Waals surface area contributed by atoms with Crippen molar-refractivity contribution in [3.63, 3.8) is 0 Å². The molecule has 0 aliphatic carbocycles. The number of rotatable bonds is 33. The van der Waals surface area contributed by atoms with E-state index in [2.05, 4.69) is 39.2 Å². The molecule has 0 aromatic heterocycles. The number of aliphatic carboxylic acids is 1. The first kappa shape index (κ1) is 54.7. The lowest BCUT2D eigenvalue weighted by molar-refractivity contribution is -0.143. The number of amides is 5. The third-order valence-electron chi connectivity index (χ3n) is 9.65. The molecule has 5 amide bonds. The van der Waals surface area contributed by atoms with E-state index in [4.69, 9.17) is 31.4 Å². The minimum Gasteiger partial charge on any atom is -0.489 e. The lowest BCUT2D eigenvalue weighted by Crippen LogP contribution is -2.60. The zero-order chi connectivity index (χ0) is 45.9. The van der Waals surface area contributed by atoms with Crippen molar-refractivity contribution < 1.29 is 48.1 Å². The molecule has 18 nitrogen and oxygen atoms in total. The molecule has 0 unspecified atom stereocenters. The van der Waals surface area contributed by atoms with Gasteiger partial charge in [-0.25, -0.2) is 4.79 Å². The summed E-state index contributed by atoms with van der Waals surface area (Å²) in [6, 6.07) is -1.08. The summed E-state index contributed by atoms with van der Waals surface area (Å²) in [5.41, 5.74) is 17.3. The normalized spacial score (nSPS) is 13.6. The summed E-state index contributed by atoms with van der Waals surface area (Å²) in [4.78, 5) is 78.0. The van der Waals surface area contributed by atoms with Crippen LogP contribution in [0.2, 0.25) is 0 Å². The van der Waals surface area contributed by atoms with Gasteiger partial charge in [0.1, 0.15) is 24.2 Å². The average molecular weight is 883 g/mol. The summed E-state index contributed by atoms with van der Waals surface area (Å²) >= 11 is 4.26. The number of carboxylic acids is 1. The minimum absolute atomic E-state index is 0.00639. The van der Waals surface area contributed by atoms with Gasteiger partial charge in [0.15, 0.2) is 11.5 Å². The fraction of sp³-hybridized carbons (Fsp3) is 0.714. The summed E-state index contributed by atoms with van der Waals surface area (Å²) in [7, 11) is 0. The number of hydrogen-bond donors (Lipinski definition) is 10. The van der Waals surface area contributed by atoms with Crippen molar-refractivity contribution in [3.05, 3.63) is 17.7 Å². The predicted octanol–water partition coefficient (Wildman–Crippen LogP) is 1.86. The summed E-state index contributed by atoms with van der Waals surface area (Å²) < 4.78 is 17.8. The van der Waals surface area contributed by atoms with E-state index in [1.54, 1.807) is 32.9 Å². The molecule has 1 rings (SSSR count). The Labute approximate surface area is 367 Å². The second-order valence-corrected chi connectivity index (χ2v) is 16.1. The molecule has 0 aliphatic heterocycles. The first-order valence-electron chi connectivity index (χ1n) is 21.5. The second-order valence-electron chi connectivity index (χ2n) is 15.8. The van der Waals surface area contributed by atoms with E-state index >= 15 is 0 Å². The topological polar surface area (TPSA) is 289 Å². The van der Waals surface area contributed by atoms with Crippen molar-refractivity contribution in [1.82, 2.24) is 26.6 Å². The van der Waals surface area contributed by atoms with Crippen LogP contribution in [0.3, 0.4) is 0 Å². The van der Waals surface area contributed by atoms with Crippen molar-refractivity contribution in [2.75, 3.05) is 51.8 Å². The van der Waals surface area contributed by atoms with Crippen molar-refractivity contribution >= 4 is 48.1 Å². The highest BCUT2D eigenvalue weighted by Crippen LogP contribution is 2.39. The largest absolute Gasteiger partial charge is 0.489 e. The third kappa shape index (κ3) is 20.9. The molecule has 5 atom stereocenters. The van der Waals surface area contributed by atoms with E-state index in [1.165, 1.54) is 0 Å². The Kier molecular flexibility index (Phi) is 27.5. The number of carbonyl (C=O) groups excluding carboxylic acids is 5. The number of ether oxygens (including phenoxy) is 3. The van der Waals surface area contributed by atoms with Gasteiger partial charge in [0.2, 0.25) is 29.4 Å². The van der Waals surface area contributed by atoms with Crippen molar-refractivity contribution in [1.29, 1.82) is 0 Å². The maximum Gasteiger partial charge on any atom is 0.326 e. The highest BCUT2D eigenvalue weighted by molar-refractivity contribution is 7.80. The molecule has 12 N–H and O–H groups in total. The number of unbranched alkanes of at least 4 members (excludes halogenated alkanes) is 2. The van der Waals surface area contributed by atoms with Crippen LogP contribution in [-0.2, 0) is 24.0 Å². The predicted molar refractivity (Wildman–Crippen MR) is 238 cm³/mol. The Balaban J connectivity index is 2.82. The van der Waals surface area contributed by atoms with Gasteiger partial charge in [0.05, 0.1) is 19.8 Å². The zero-order valence-corrected chi connectivity index (χ0v) is 37.9. The molecule has 348 valence electrons. The van der Waals surface area contributed by atoms with Crippen LogP contribution < -0.4 is 58.0 Å². The maximum absolute atomic E-state index is 13.5. The molecule has 0 fully saturated rings. The van der Waals surface area contributed by atoms with Gasteiger partial charge in [0, 0.05) is 24.3 Å². The van der Waals surface area contributed by atoms with Crippen LogP contribution >= 0.6 is 12.6 Å². The first-order valence-corrected chi connectivity index (χ1v) is 22.2. The average Bonchev–Trinajstić information content (AvgIpc) is 3.21. The van der Waals surface area contributed by atoms with Crippen LogP contribution in [0.4, 0.5) is 0 Å². The summed E-state index contributed by atoms with van der Waals surface area (Å²) in [5, 5.41) is 23.2. The van der Waals surface area contributed by atoms with Crippen molar-refractivity contribution in [2.24, 2.45) is 35.0 Å². The molecule has 61 heavy (non-hydrogen) atoms. The van der Waals surface area contributed by atoms with E-state index < -0.39 is 53.8 Å². The Morgan fingerprint density at radius 3 is 1.72 bits per heavy atom. The molecule has 0 aliphatic rings. The van der Waals surface area contributed by atoms with E-state index in [9.17, 15) is 33.9 Å². The Bertz CT molecular complexity index is 1490. The van der Waals surface area contributed by atoms with Gasteiger partial charge in [-0.15, -0.1) is 0 Å².